The van der Waals surface area contributed by atoms with Crippen molar-refractivity contribution in [3.63, 3.8) is 0 Å². The second-order valence-electron chi connectivity index (χ2n) is 8.65. The number of rotatable bonds is 0. The molecule has 0 aromatic heterocycles. The fourth-order valence-corrected chi connectivity index (χ4v) is 4.02. The number of carbonyl (C=O) groups is 3. The molecule has 1 fully saturated rings. The molecule has 9 nitrogen and oxygen atoms in total. The highest BCUT2D eigenvalue weighted by atomic mass is 32.2. The molecule has 4 N–H and O–H groups in total. The Balaban J connectivity index is 0.000000518. The number of nitrogens with one attached hydrogen (secondary N) is 2. The predicted octanol–water partition coefficient (Wildman–Crippen LogP) is 2.73. The number of anilines is 1. The van der Waals surface area contributed by atoms with Gasteiger partial charge in [0.05, 0.1) is 11.3 Å². The summed E-state index contributed by atoms with van der Waals surface area (Å²) in [6.07, 6.45) is 7.72. The summed E-state index contributed by atoms with van der Waals surface area (Å²) >= 11 is 0. The molecule has 1 saturated carbocycles. The molecule has 3 rings (SSSR count). The van der Waals surface area contributed by atoms with Gasteiger partial charge in [-0.2, -0.15) is 0 Å². The van der Waals surface area contributed by atoms with Crippen molar-refractivity contribution in [2.24, 2.45) is 17.6 Å². The third-order valence-electron chi connectivity index (χ3n) is 4.88. The molecule has 0 spiro atoms. The van der Waals surface area contributed by atoms with Gasteiger partial charge in [0, 0.05) is 19.4 Å². The molecule has 2 atom stereocenters. The van der Waals surface area contributed by atoms with E-state index in [1.165, 1.54) is 12.1 Å². The van der Waals surface area contributed by atoms with E-state index in [9.17, 15) is 18.0 Å². The Morgan fingerprint density at radius 3 is 2.36 bits per heavy atom. The first-order valence-electron chi connectivity index (χ1n) is 10.8. The van der Waals surface area contributed by atoms with Gasteiger partial charge in [0.2, 0.25) is 18.2 Å². The van der Waals surface area contributed by atoms with Crippen LogP contribution in [0.15, 0.2) is 41.3 Å². The fourth-order valence-electron chi connectivity index (χ4n) is 2.83. The number of para-hydroxylation sites is 1. The lowest BCUT2D eigenvalue weighted by atomic mass is 10.1. The van der Waals surface area contributed by atoms with E-state index in [4.69, 9.17) is 9.53 Å². The van der Waals surface area contributed by atoms with Crippen LogP contribution >= 0.6 is 0 Å². The molecule has 1 aliphatic carbocycles. The van der Waals surface area contributed by atoms with Crippen molar-refractivity contribution in [2.45, 2.75) is 63.4 Å². The van der Waals surface area contributed by atoms with E-state index in [1.807, 2.05) is 32.9 Å². The summed E-state index contributed by atoms with van der Waals surface area (Å²) in [4.78, 5) is 32.7. The summed E-state index contributed by atoms with van der Waals surface area (Å²) in [6.45, 7) is 6.06. The summed E-state index contributed by atoms with van der Waals surface area (Å²) in [6, 6.07) is 6.11. The first-order valence-corrected chi connectivity index (χ1v) is 12.3. The van der Waals surface area contributed by atoms with Gasteiger partial charge in [-0.1, -0.05) is 24.3 Å². The molecule has 1 unspecified atom stereocenters. The first-order chi connectivity index (χ1) is 15.4. The Hall–Kier alpha value is -2.72. The van der Waals surface area contributed by atoms with Gasteiger partial charge in [0.1, 0.15) is 4.90 Å². The highest BCUT2D eigenvalue weighted by Crippen LogP contribution is 2.40. The Kier molecular flexibility index (Phi) is 11.2. The van der Waals surface area contributed by atoms with Crippen LogP contribution in [0.5, 0.6) is 0 Å². The molecule has 0 radical (unpaired) electrons. The molecule has 1 aromatic carbocycles. The highest BCUT2D eigenvalue weighted by molar-refractivity contribution is 7.90. The topological polar surface area (TPSA) is 145 Å². The quantitative estimate of drug-likeness (QED) is 0.384. The Morgan fingerprint density at radius 2 is 1.76 bits per heavy atom. The maximum Gasteiger partial charge on any atom is 0.266 e. The summed E-state index contributed by atoms with van der Waals surface area (Å²) in [7, 11) is -2.31. The van der Waals surface area contributed by atoms with Crippen molar-refractivity contribution in [1.29, 1.82) is 0 Å². The van der Waals surface area contributed by atoms with Crippen LogP contribution in [0.25, 0.3) is 0 Å². The van der Waals surface area contributed by atoms with Crippen LogP contribution in [-0.4, -0.2) is 39.4 Å². The Bertz CT molecular complexity index is 938. The summed E-state index contributed by atoms with van der Waals surface area (Å²) in [5, 5.41) is 2.63. The molecule has 33 heavy (non-hydrogen) atoms. The second-order valence-corrected chi connectivity index (χ2v) is 10.3. The minimum absolute atomic E-state index is 0.0417. The van der Waals surface area contributed by atoms with Gasteiger partial charge in [-0.15, -0.1) is 0 Å². The number of fused-ring (bicyclic) bond motifs is 2. The number of primary amides is 1. The van der Waals surface area contributed by atoms with E-state index in [-0.39, 0.29) is 40.3 Å². The van der Waals surface area contributed by atoms with Gasteiger partial charge in [-0.3, -0.25) is 14.4 Å². The molecule has 2 aliphatic rings. The van der Waals surface area contributed by atoms with Gasteiger partial charge in [-0.05, 0) is 64.5 Å². The summed E-state index contributed by atoms with van der Waals surface area (Å²) in [5.74, 6) is -0.894. The molecule has 1 aromatic rings. The first kappa shape index (κ1) is 28.3. The van der Waals surface area contributed by atoms with Crippen LogP contribution < -0.4 is 15.8 Å². The van der Waals surface area contributed by atoms with E-state index in [2.05, 4.69) is 15.8 Å². The molecule has 3 amide bonds. The van der Waals surface area contributed by atoms with Gasteiger partial charge in [0.25, 0.3) is 10.0 Å². The molecule has 10 heteroatoms. The number of hydrogen-bond acceptors (Lipinski definition) is 6. The fraction of sp³-hybridized carbons (Fsp3) is 0.522. The van der Waals surface area contributed by atoms with E-state index in [0.717, 1.165) is 19.3 Å². The summed E-state index contributed by atoms with van der Waals surface area (Å²) < 4.78 is 32.1. The zero-order valence-corrected chi connectivity index (χ0v) is 20.5. The van der Waals surface area contributed by atoms with Crippen molar-refractivity contribution in [3.8, 4) is 0 Å². The van der Waals surface area contributed by atoms with Crippen LogP contribution in [0.2, 0.25) is 0 Å². The van der Waals surface area contributed by atoms with Crippen LogP contribution in [-0.2, 0) is 29.1 Å². The average Bonchev–Trinajstić information content (AvgIpc) is 3.50. The number of methoxy groups -OCH3 is 1. The minimum atomic E-state index is -4.02. The smallest absolute Gasteiger partial charge is 0.266 e. The molecular weight excluding hydrogens is 446 g/mol. The number of carbonyl (C=O) groups excluding carboxylic acids is 3. The third kappa shape index (κ3) is 10.6. The lowest BCUT2D eigenvalue weighted by Gasteiger charge is -2.14. The lowest BCUT2D eigenvalue weighted by molar-refractivity contribution is -0.120. The number of hydrogen-bond donors (Lipinski definition) is 3. The predicted molar refractivity (Wildman–Crippen MR) is 127 cm³/mol. The largest absolute Gasteiger partial charge is 0.379 e. The Labute approximate surface area is 196 Å². The molecular formula is C23H35N3O6S. The normalized spacial score (nSPS) is 23.0. The zero-order valence-electron chi connectivity index (χ0n) is 19.7. The molecule has 184 valence electrons. The number of amides is 3. The third-order valence-corrected chi connectivity index (χ3v) is 6.29. The van der Waals surface area contributed by atoms with Crippen molar-refractivity contribution >= 4 is 33.9 Å². The van der Waals surface area contributed by atoms with Crippen LogP contribution in [0.3, 0.4) is 0 Å². The van der Waals surface area contributed by atoms with Crippen LogP contribution in [0.1, 0.15) is 52.9 Å². The molecule has 1 heterocycles. The zero-order chi connectivity index (χ0) is 25.1. The average molecular weight is 482 g/mol. The van der Waals surface area contributed by atoms with Gasteiger partial charge in [-0.25, -0.2) is 13.1 Å². The molecule has 0 saturated heterocycles. The van der Waals surface area contributed by atoms with E-state index >= 15 is 0 Å². The van der Waals surface area contributed by atoms with E-state index < -0.39 is 15.9 Å². The number of sulfonamides is 1. The number of nitrogens with two attached hydrogens (primary N) is 1. The van der Waals surface area contributed by atoms with Crippen molar-refractivity contribution in [3.05, 3.63) is 36.4 Å². The molecule has 1 aliphatic heterocycles. The monoisotopic (exact) mass is 481 g/mol. The second kappa shape index (κ2) is 13.1. The number of allylic oxidation sites excluding steroid dienone is 2. The van der Waals surface area contributed by atoms with Crippen molar-refractivity contribution in [2.75, 3.05) is 12.4 Å². The van der Waals surface area contributed by atoms with Crippen LogP contribution in [0, 0.1) is 11.8 Å². The number of benzene rings is 1. The SMILES string of the molecule is COC(C)(C)C.NC=O.O=C1CCCC/C=C\C2C[C@@H]2C(=O)NS(=O)(=O)c2ccccc2N1. The maximum atomic E-state index is 12.5. The van der Waals surface area contributed by atoms with Crippen LogP contribution in [0.4, 0.5) is 5.69 Å². The maximum absolute atomic E-state index is 12.5. The van der Waals surface area contributed by atoms with Crippen molar-refractivity contribution < 1.29 is 27.5 Å². The number of ether oxygens (including phenoxy) is 1. The lowest BCUT2D eigenvalue weighted by Crippen LogP contribution is -2.32. The highest BCUT2D eigenvalue weighted by Gasteiger charge is 2.42. The van der Waals surface area contributed by atoms with Gasteiger partial charge >= 0.3 is 0 Å². The van der Waals surface area contributed by atoms with E-state index in [0.29, 0.717) is 12.8 Å². The van der Waals surface area contributed by atoms with Gasteiger partial charge in [0.15, 0.2) is 0 Å². The van der Waals surface area contributed by atoms with E-state index in [1.54, 1.807) is 19.2 Å². The van der Waals surface area contributed by atoms with Crippen molar-refractivity contribution in [1.82, 2.24) is 4.72 Å². The molecule has 0 bridgehead atoms. The van der Waals surface area contributed by atoms with Gasteiger partial charge < -0.3 is 15.8 Å². The standard InChI is InChI=1S/C17H20N2O4S.C5H12O.CH3NO/c20-16-10-4-2-1-3-7-12-11-13(12)17(21)19-24(22,23)15-9-6-5-8-14(15)18-16;1-5(2,3)6-4;2-1-3/h3,5-9,12-13H,1-2,4,10-11H2,(H,18,20)(H,19,21);1-4H3;1H,(H2,2,3)/b7-3-;;/t12?,13-;;/m0../s1. The Morgan fingerprint density at radius 1 is 1.15 bits per heavy atom. The summed E-state index contributed by atoms with van der Waals surface area (Å²) in [5.41, 5.74) is 4.41. The minimum Gasteiger partial charge on any atom is -0.379 e.